The summed E-state index contributed by atoms with van der Waals surface area (Å²) in [5.41, 5.74) is 9.36. The van der Waals surface area contributed by atoms with Crippen molar-refractivity contribution in [2.75, 3.05) is 6.61 Å². The van der Waals surface area contributed by atoms with Crippen LogP contribution in [0.15, 0.2) is 23.3 Å². The van der Waals surface area contributed by atoms with E-state index in [2.05, 4.69) is 10.0 Å². The van der Waals surface area contributed by atoms with Crippen molar-refractivity contribution in [2.45, 2.75) is 13.3 Å². The van der Waals surface area contributed by atoms with Gasteiger partial charge in [-0.2, -0.15) is 0 Å². The van der Waals surface area contributed by atoms with Crippen molar-refractivity contribution in [3.8, 4) is 5.75 Å². The quantitative estimate of drug-likeness (QED) is 0.428. The lowest BCUT2D eigenvalue weighted by Gasteiger charge is -2.07. The van der Waals surface area contributed by atoms with E-state index in [1.165, 1.54) is 12.1 Å². The predicted molar refractivity (Wildman–Crippen MR) is 51.5 cm³/mol. The minimum absolute atomic E-state index is 0.338. The third-order valence-corrected chi connectivity index (χ3v) is 1.70. The Hall–Kier alpha value is -1.81. The van der Waals surface area contributed by atoms with Crippen LogP contribution in [0, 0.1) is 6.92 Å². The SMILES string of the molecule is Cc1cc(OCC(F)F)ccc1N=[N+]=[N-]. The monoisotopic (exact) mass is 213 g/mol. The molecule has 1 aromatic carbocycles. The zero-order valence-corrected chi connectivity index (χ0v) is 8.02. The Morgan fingerprint density at radius 2 is 2.27 bits per heavy atom. The largest absolute Gasteiger partial charge is 0.488 e. The van der Waals surface area contributed by atoms with E-state index in [-0.39, 0.29) is 0 Å². The standard InChI is InChI=1S/C9H9F2N3O/c1-6-4-7(15-5-9(10)11)2-3-8(6)13-14-12/h2-4,9H,5H2,1H3. The summed E-state index contributed by atoms with van der Waals surface area (Å²) in [6, 6.07) is 4.56. The molecule has 80 valence electrons. The number of rotatable bonds is 4. The first-order valence-corrected chi connectivity index (χ1v) is 4.20. The molecule has 0 saturated carbocycles. The molecule has 0 aliphatic carbocycles. The molecule has 1 rings (SSSR count). The van der Waals surface area contributed by atoms with Crippen molar-refractivity contribution in [1.82, 2.24) is 0 Å². The van der Waals surface area contributed by atoms with Gasteiger partial charge in [0.15, 0.2) is 0 Å². The molecule has 0 aliphatic rings. The number of hydrogen-bond acceptors (Lipinski definition) is 2. The fraction of sp³-hybridized carbons (Fsp3) is 0.333. The molecule has 15 heavy (non-hydrogen) atoms. The van der Waals surface area contributed by atoms with Gasteiger partial charge in [-0.1, -0.05) is 5.11 Å². The fourth-order valence-corrected chi connectivity index (χ4v) is 1.04. The molecule has 4 nitrogen and oxygen atoms in total. The smallest absolute Gasteiger partial charge is 0.272 e. The molecule has 0 fully saturated rings. The van der Waals surface area contributed by atoms with Crippen LogP contribution in [0.5, 0.6) is 5.75 Å². The summed E-state index contributed by atoms with van der Waals surface area (Å²) < 4.78 is 28.5. The number of hydrogen-bond donors (Lipinski definition) is 0. The average Bonchev–Trinajstić information content (AvgIpc) is 2.19. The van der Waals surface area contributed by atoms with Gasteiger partial charge in [-0.3, -0.25) is 0 Å². The first kappa shape index (κ1) is 11.3. The summed E-state index contributed by atoms with van der Waals surface area (Å²) >= 11 is 0. The number of aryl methyl sites for hydroxylation is 1. The van der Waals surface area contributed by atoms with Gasteiger partial charge >= 0.3 is 0 Å². The lowest BCUT2D eigenvalue weighted by molar-refractivity contribution is 0.0819. The van der Waals surface area contributed by atoms with E-state index < -0.39 is 13.0 Å². The molecule has 0 saturated heterocycles. The van der Waals surface area contributed by atoms with Crippen LogP contribution in [0.3, 0.4) is 0 Å². The third-order valence-electron chi connectivity index (χ3n) is 1.70. The van der Waals surface area contributed by atoms with E-state index >= 15 is 0 Å². The minimum atomic E-state index is -2.50. The summed E-state index contributed by atoms with van der Waals surface area (Å²) in [6.45, 7) is 1.07. The zero-order valence-electron chi connectivity index (χ0n) is 8.02. The molecule has 0 amide bonds. The third kappa shape index (κ3) is 3.44. The summed E-state index contributed by atoms with van der Waals surface area (Å²) in [5, 5.41) is 3.42. The molecule has 0 aliphatic heterocycles. The molecular formula is C9H9F2N3O. The number of ether oxygens (including phenoxy) is 1. The van der Waals surface area contributed by atoms with Gasteiger partial charge in [0.2, 0.25) is 0 Å². The van der Waals surface area contributed by atoms with Crippen molar-refractivity contribution >= 4 is 5.69 Å². The second kappa shape index (κ2) is 5.17. The Morgan fingerprint density at radius 3 is 2.80 bits per heavy atom. The van der Waals surface area contributed by atoms with E-state index in [9.17, 15) is 8.78 Å². The molecule has 0 N–H and O–H groups in total. The maximum Gasteiger partial charge on any atom is 0.272 e. The Balaban J connectivity index is 2.77. The second-order valence-electron chi connectivity index (χ2n) is 2.84. The van der Waals surface area contributed by atoms with Crippen LogP contribution in [-0.2, 0) is 0 Å². The van der Waals surface area contributed by atoms with E-state index in [4.69, 9.17) is 10.3 Å². The predicted octanol–water partition coefficient (Wildman–Crippen LogP) is 3.58. The van der Waals surface area contributed by atoms with Crippen LogP contribution in [0.4, 0.5) is 14.5 Å². The highest BCUT2D eigenvalue weighted by atomic mass is 19.3. The summed E-state index contributed by atoms with van der Waals surface area (Å²) in [4.78, 5) is 2.63. The fourth-order valence-electron chi connectivity index (χ4n) is 1.04. The topological polar surface area (TPSA) is 58.0 Å². The van der Waals surface area contributed by atoms with Crippen LogP contribution >= 0.6 is 0 Å². The number of azide groups is 1. The van der Waals surface area contributed by atoms with Crippen molar-refractivity contribution < 1.29 is 13.5 Å². The Morgan fingerprint density at radius 1 is 1.53 bits per heavy atom. The molecule has 0 unspecified atom stereocenters. The van der Waals surface area contributed by atoms with Crippen LogP contribution in [0.2, 0.25) is 0 Å². The lowest BCUT2D eigenvalue weighted by Crippen LogP contribution is -2.06. The Kier molecular flexibility index (Phi) is 3.88. The highest BCUT2D eigenvalue weighted by Gasteiger charge is 2.04. The molecule has 0 bridgehead atoms. The number of alkyl halides is 2. The Labute approximate surface area is 85.1 Å². The summed E-state index contributed by atoms with van der Waals surface area (Å²) in [5.74, 6) is 0.338. The molecule has 0 spiro atoms. The van der Waals surface area contributed by atoms with E-state index in [0.29, 0.717) is 17.0 Å². The van der Waals surface area contributed by atoms with Crippen molar-refractivity contribution in [3.63, 3.8) is 0 Å². The van der Waals surface area contributed by atoms with Gasteiger partial charge in [-0.05, 0) is 36.2 Å². The first-order valence-electron chi connectivity index (χ1n) is 4.20. The summed E-state index contributed by atoms with van der Waals surface area (Å²) in [7, 11) is 0. The number of nitrogens with zero attached hydrogens (tertiary/aromatic N) is 3. The van der Waals surface area contributed by atoms with Crippen molar-refractivity contribution in [2.24, 2.45) is 5.11 Å². The normalized spacial score (nSPS) is 9.87. The van der Waals surface area contributed by atoms with Crippen LogP contribution in [0.1, 0.15) is 5.56 Å². The molecule has 1 aromatic rings. The van der Waals surface area contributed by atoms with Gasteiger partial charge in [0, 0.05) is 10.6 Å². The highest BCUT2D eigenvalue weighted by Crippen LogP contribution is 2.24. The van der Waals surface area contributed by atoms with Gasteiger partial charge in [-0.15, -0.1) is 0 Å². The molecule has 0 heterocycles. The summed E-state index contributed by atoms with van der Waals surface area (Å²) in [6.07, 6.45) is -2.50. The molecule has 0 radical (unpaired) electrons. The molecule has 0 atom stereocenters. The van der Waals surface area contributed by atoms with E-state index in [1.54, 1.807) is 13.0 Å². The zero-order chi connectivity index (χ0) is 11.3. The Bertz CT molecular complexity index is 389. The maximum absolute atomic E-state index is 11.8. The number of benzene rings is 1. The second-order valence-corrected chi connectivity index (χ2v) is 2.84. The van der Waals surface area contributed by atoms with Gasteiger partial charge < -0.3 is 4.74 Å². The first-order chi connectivity index (χ1) is 7.13. The van der Waals surface area contributed by atoms with Crippen LogP contribution in [0.25, 0.3) is 10.4 Å². The van der Waals surface area contributed by atoms with Crippen LogP contribution in [-0.4, -0.2) is 13.0 Å². The van der Waals surface area contributed by atoms with E-state index in [1.807, 2.05) is 0 Å². The minimum Gasteiger partial charge on any atom is -0.488 e. The van der Waals surface area contributed by atoms with Gasteiger partial charge in [0.1, 0.15) is 12.4 Å². The van der Waals surface area contributed by atoms with Crippen molar-refractivity contribution in [1.29, 1.82) is 0 Å². The lowest BCUT2D eigenvalue weighted by atomic mass is 10.2. The van der Waals surface area contributed by atoms with Crippen LogP contribution < -0.4 is 4.74 Å². The maximum atomic E-state index is 11.8. The molecule has 0 aromatic heterocycles. The van der Waals surface area contributed by atoms with E-state index in [0.717, 1.165) is 0 Å². The van der Waals surface area contributed by atoms with Gasteiger partial charge in [0.25, 0.3) is 6.43 Å². The average molecular weight is 213 g/mol. The molecular weight excluding hydrogens is 204 g/mol. The highest BCUT2D eigenvalue weighted by molar-refractivity contribution is 5.48. The van der Waals surface area contributed by atoms with Gasteiger partial charge in [-0.25, -0.2) is 8.78 Å². The molecule has 6 heteroatoms. The van der Waals surface area contributed by atoms with Gasteiger partial charge in [0.05, 0.1) is 0 Å². The number of halogens is 2. The van der Waals surface area contributed by atoms with Crippen molar-refractivity contribution in [3.05, 3.63) is 34.2 Å².